The van der Waals surface area contributed by atoms with Crippen molar-refractivity contribution in [2.45, 2.75) is 64.4 Å². The SMILES string of the molecule is Cc1cccc(C(C)C)c1NC(=O)C(C)OC(=O)c1ccc(S(=O)(=O)N2CCC(C)CC2)cc1. The van der Waals surface area contributed by atoms with E-state index in [1.54, 1.807) is 0 Å². The molecule has 1 fully saturated rings. The fourth-order valence-corrected chi connectivity index (χ4v) is 5.46. The van der Waals surface area contributed by atoms with Crippen LogP contribution in [-0.4, -0.2) is 43.8 Å². The van der Waals surface area contributed by atoms with Crippen LogP contribution in [-0.2, 0) is 19.6 Å². The highest BCUT2D eigenvalue weighted by Crippen LogP contribution is 2.28. The van der Waals surface area contributed by atoms with Gasteiger partial charge < -0.3 is 10.1 Å². The van der Waals surface area contributed by atoms with E-state index in [0.717, 1.165) is 29.7 Å². The second kappa shape index (κ2) is 10.7. The number of aryl methyl sites for hydroxylation is 1. The third-order valence-electron chi connectivity index (χ3n) is 6.30. The lowest BCUT2D eigenvalue weighted by molar-refractivity contribution is -0.123. The smallest absolute Gasteiger partial charge is 0.338 e. The van der Waals surface area contributed by atoms with E-state index in [9.17, 15) is 18.0 Å². The van der Waals surface area contributed by atoms with Gasteiger partial charge in [-0.15, -0.1) is 0 Å². The molecule has 0 spiro atoms. The van der Waals surface area contributed by atoms with E-state index in [-0.39, 0.29) is 16.4 Å². The van der Waals surface area contributed by atoms with E-state index < -0.39 is 28.0 Å². The molecule has 2 aromatic rings. The summed E-state index contributed by atoms with van der Waals surface area (Å²) in [6.07, 6.45) is 0.654. The number of hydrogen-bond acceptors (Lipinski definition) is 5. The quantitative estimate of drug-likeness (QED) is 0.572. The number of carbonyl (C=O) groups excluding carboxylic acids is 2. The average molecular weight is 487 g/mol. The Labute approximate surface area is 202 Å². The summed E-state index contributed by atoms with van der Waals surface area (Å²) in [6.45, 7) is 10.6. The van der Waals surface area contributed by atoms with Gasteiger partial charge in [0.05, 0.1) is 10.5 Å². The van der Waals surface area contributed by atoms with Crippen molar-refractivity contribution in [3.63, 3.8) is 0 Å². The standard InChI is InChI=1S/C26H34N2O5S/c1-17(2)23-8-6-7-19(4)24(23)27-25(29)20(5)33-26(30)21-9-11-22(12-10-21)34(31,32)28-15-13-18(3)14-16-28/h6-12,17-18,20H,13-16H2,1-5H3,(H,27,29). The maximum Gasteiger partial charge on any atom is 0.338 e. The van der Waals surface area contributed by atoms with Crippen molar-refractivity contribution in [1.82, 2.24) is 4.31 Å². The van der Waals surface area contributed by atoms with Crippen LogP contribution in [0, 0.1) is 12.8 Å². The van der Waals surface area contributed by atoms with Gasteiger partial charge in [0.25, 0.3) is 5.91 Å². The number of piperidine rings is 1. The zero-order chi connectivity index (χ0) is 25.0. The summed E-state index contributed by atoms with van der Waals surface area (Å²) < 4.78 is 32.6. The summed E-state index contributed by atoms with van der Waals surface area (Å²) in [5.41, 5.74) is 2.85. The first-order valence-electron chi connectivity index (χ1n) is 11.7. The van der Waals surface area contributed by atoms with Gasteiger partial charge in [-0.05, 0) is 73.9 Å². The van der Waals surface area contributed by atoms with Gasteiger partial charge in [-0.25, -0.2) is 13.2 Å². The van der Waals surface area contributed by atoms with Crippen LogP contribution >= 0.6 is 0 Å². The second-order valence-electron chi connectivity index (χ2n) is 9.34. The molecule has 184 valence electrons. The molecular weight excluding hydrogens is 452 g/mol. The van der Waals surface area contributed by atoms with Crippen molar-refractivity contribution >= 4 is 27.6 Å². The Balaban J connectivity index is 1.65. The molecule has 1 aliphatic heterocycles. The third-order valence-corrected chi connectivity index (χ3v) is 8.21. The molecule has 0 aromatic heterocycles. The summed E-state index contributed by atoms with van der Waals surface area (Å²) in [7, 11) is -3.60. The molecule has 0 aliphatic carbocycles. The summed E-state index contributed by atoms with van der Waals surface area (Å²) in [5, 5.41) is 2.88. The van der Waals surface area contributed by atoms with Gasteiger partial charge in [-0.3, -0.25) is 4.79 Å². The van der Waals surface area contributed by atoms with Gasteiger partial charge in [0.15, 0.2) is 6.10 Å². The number of rotatable bonds is 7. The molecule has 3 rings (SSSR count). The fraction of sp³-hybridized carbons (Fsp3) is 0.462. The molecule has 1 atom stereocenters. The minimum Gasteiger partial charge on any atom is -0.449 e. The van der Waals surface area contributed by atoms with E-state index >= 15 is 0 Å². The predicted molar refractivity (Wildman–Crippen MR) is 132 cm³/mol. The topological polar surface area (TPSA) is 92.8 Å². The fourth-order valence-electron chi connectivity index (χ4n) is 3.99. The zero-order valence-corrected chi connectivity index (χ0v) is 21.3. The Bertz CT molecular complexity index is 1130. The molecule has 0 bridgehead atoms. The molecule has 1 N–H and O–H groups in total. The lowest BCUT2D eigenvalue weighted by Gasteiger charge is -2.29. The van der Waals surface area contributed by atoms with E-state index in [2.05, 4.69) is 12.2 Å². The van der Waals surface area contributed by atoms with Crippen LogP contribution in [0.3, 0.4) is 0 Å². The number of sulfonamides is 1. The Morgan fingerprint density at radius 1 is 1.03 bits per heavy atom. The molecule has 0 saturated carbocycles. The lowest BCUT2D eigenvalue weighted by atomic mass is 9.98. The van der Waals surface area contributed by atoms with E-state index in [0.29, 0.717) is 19.0 Å². The van der Waals surface area contributed by atoms with E-state index in [1.165, 1.54) is 35.5 Å². The summed E-state index contributed by atoms with van der Waals surface area (Å²) >= 11 is 0. The number of nitrogens with one attached hydrogen (secondary N) is 1. The molecule has 1 amide bonds. The van der Waals surface area contributed by atoms with Crippen molar-refractivity contribution in [1.29, 1.82) is 0 Å². The number of para-hydroxylation sites is 1. The molecule has 1 aliphatic rings. The van der Waals surface area contributed by atoms with Crippen LogP contribution in [0.15, 0.2) is 47.4 Å². The third kappa shape index (κ3) is 5.85. The predicted octanol–water partition coefficient (Wildman–Crippen LogP) is 4.72. The van der Waals surface area contributed by atoms with Crippen LogP contribution in [0.2, 0.25) is 0 Å². The molecule has 34 heavy (non-hydrogen) atoms. The highest BCUT2D eigenvalue weighted by molar-refractivity contribution is 7.89. The van der Waals surface area contributed by atoms with Crippen molar-refractivity contribution in [2.24, 2.45) is 5.92 Å². The summed E-state index contributed by atoms with van der Waals surface area (Å²) in [5.74, 6) is -0.378. The van der Waals surface area contributed by atoms with Gasteiger partial charge in [0, 0.05) is 18.8 Å². The molecule has 1 heterocycles. The highest BCUT2D eigenvalue weighted by Gasteiger charge is 2.28. The first-order chi connectivity index (χ1) is 16.0. The van der Waals surface area contributed by atoms with Crippen LogP contribution in [0.1, 0.15) is 67.9 Å². The Morgan fingerprint density at radius 3 is 2.24 bits per heavy atom. The summed E-state index contributed by atoms with van der Waals surface area (Å²) in [6, 6.07) is 11.5. The van der Waals surface area contributed by atoms with Crippen LogP contribution in [0.25, 0.3) is 0 Å². The molecule has 1 saturated heterocycles. The van der Waals surface area contributed by atoms with Crippen LogP contribution in [0.5, 0.6) is 0 Å². The Hall–Kier alpha value is -2.71. The van der Waals surface area contributed by atoms with E-state index in [4.69, 9.17) is 4.74 Å². The molecular formula is C26H34N2O5S. The maximum atomic E-state index is 12.9. The number of hydrogen-bond donors (Lipinski definition) is 1. The van der Waals surface area contributed by atoms with Gasteiger partial charge in [0.1, 0.15) is 0 Å². The van der Waals surface area contributed by atoms with Gasteiger partial charge in [-0.2, -0.15) is 4.31 Å². The average Bonchev–Trinajstić information content (AvgIpc) is 2.80. The molecule has 0 radical (unpaired) electrons. The first-order valence-corrected chi connectivity index (χ1v) is 13.2. The zero-order valence-electron chi connectivity index (χ0n) is 20.5. The highest BCUT2D eigenvalue weighted by atomic mass is 32.2. The second-order valence-corrected chi connectivity index (χ2v) is 11.3. The number of nitrogens with zero attached hydrogens (tertiary/aromatic N) is 1. The van der Waals surface area contributed by atoms with Gasteiger partial charge in [-0.1, -0.05) is 39.0 Å². The van der Waals surface area contributed by atoms with Crippen molar-refractivity contribution in [3.05, 3.63) is 59.2 Å². The largest absolute Gasteiger partial charge is 0.449 e. The first kappa shape index (κ1) is 25.9. The number of ether oxygens (including phenoxy) is 1. The monoisotopic (exact) mass is 486 g/mol. The number of anilines is 1. The lowest BCUT2D eigenvalue weighted by Crippen LogP contribution is -2.37. The molecule has 2 aromatic carbocycles. The van der Waals surface area contributed by atoms with Crippen molar-refractivity contribution < 1.29 is 22.7 Å². The number of esters is 1. The molecule has 1 unspecified atom stereocenters. The van der Waals surface area contributed by atoms with Crippen molar-refractivity contribution in [2.75, 3.05) is 18.4 Å². The maximum absolute atomic E-state index is 12.9. The van der Waals surface area contributed by atoms with Crippen LogP contribution < -0.4 is 5.32 Å². The Morgan fingerprint density at radius 2 is 1.65 bits per heavy atom. The van der Waals surface area contributed by atoms with Gasteiger partial charge in [0.2, 0.25) is 10.0 Å². The molecule has 8 heteroatoms. The van der Waals surface area contributed by atoms with Gasteiger partial charge >= 0.3 is 5.97 Å². The van der Waals surface area contributed by atoms with E-state index in [1.807, 2.05) is 39.0 Å². The number of carbonyl (C=O) groups is 2. The minimum absolute atomic E-state index is 0.144. The normalized spacial score (nSPS) is 16.3. The number of benzene rings is 2. The molecule has 7 nitrogen and oxygen atoms in total. The number of amides is 1. The summed E-state index contributed by atoms with van der Waals surface area (Å²) in [4.78, 5) is 25.5. The van der Waals surface area contributed by atoms with Crippen molar-refractivity contribution in [3.8, 4) is 0 Å². The minimum atomic E-state index is -3.60. The Kier molecular flexibility index (Phi) is 8.15. The van der Waals surface area contributed by atoms with Crippen LogP contribution in [0.4, 0.5) is 5.69 Å².